The highest BCUT2D eigenvalue weighted by Crippen LogP contribution is 2.28. The predicted molar refractivity (Wildman–Crippen MR) is 224 cm³/mol. The van der Waals surface area contributed by atoms with Crippen LogP contribution >= 0.6 is 0 Å². The summed E-state index contributed by atoms with van der Waals surface area (Å²) in [6.45, 7) is 5.71. The number of halogens is 4. The minimum Gasteiger partial charge on any atom is -0.415 e. The van der Waals surface area contributed by atoms with Gasteiger partial charge in [-0.25, -0.2) is 16.8 Å². The third-order valence-electron chi connectivity index (χ3n) is 9.88. The van der Waals surface area contributed by atoms with Crippen LogP contribution in [0.4, 0.5) is 28.9 Å². The molecule has 0 unspecified atom stereocenters. The highest BCUT2D eigenvalue weighted by Gasteiger charge is 2.26. The highest BCUT2D eigenvalue weighted by atomic mass is 32.2. The fourth-order valence-corrected chi connectivity index (χ4v) is 8.84. The van der Waals surface area contributed by atoms with E-state index in [9.17, 15) is 39.5 Å². The Hall–Kier alpha value is -5.96. The molecule has 1 fully saturated rings. The van der Waals surface area contributed by atoms with Crippen LogP contribution in [0.2, 0.25) is 0 Å². The molecule has 4 aromatic carbocycles. The molecule has 14 nitrogen and oxygen atoms in total. The van der Waals surface area contributed by atoms with Gasteiger partial charge in [0.15, 0.2) is 0 Å². The van der Waals surface area contributed by atoms with Crippen LogP contribution in [0.25, 0.3) is 22.9 Å². The van der Waals surface area contributed by atoms with Gasteiger partial charge >= 0.3 is 12.9 Å². The minimum atomic E-state index is -3.71. The standard InChI is InChI=1S/C24H28F2N4O4S.C18H15F2N3O3S/c25-22(26)24-28-27-23(34-24)20-8-6-18(7-9-20)16-30(21-4-2-1-3-5-21)35(32,33)15-14-29-12-10-19(17-31)11-13-29;1-2-27(24,25)23(15-6-4-3-5-7-15)12-13-8-10-14(11-9-13)17-21-22-18(26-17)16(19)20/h1-9,19,22,31H,10-17H2;2-11,16H,1,12H2. The van der Waals surface area contributed by atoms with Gasteiger partial charge in [0, 0.05) is 29.7 Å². The normalized spacial score (nSPS) is 13.8. The van der Waals surface area contributed by atoms with Crippen molar-refractivity contribution in [3.63, 3.8) is 0 Å². The molecule has 1 N–H and O–H groups in total. The van der Waals surface area contributed by atoms with Gasteiger partial charge in [0.1, 0.15) is 0 Å². The Bertz CT molecular complexity index is 2560. The summed E-state index contributed by atoms with van der Waals surface area (Å²) in [6.07, 6.45) is -3.95. The van der Waals surface area contributed by atoms with Crippen LogP contribution in [-0.2, 0) is 33.1 Å². The Balaban J connectivity index is 0.000000214. The van der Waals surface area contributed by atoms with Crippen LogP contribution in [0.3, 0.4) is 0 Å². The summed E-state index contributed by atoms with van der Waals surface area (Å²) in [5.41, 5.74) is 3.39. The van der Waals surface area contributed by atoms with E-state index in [1.807, 2.05) is 6.07 Å². The molecule has 1 saturated heterocycles. The van der Waals surface area contributed by atoms with E-state index < -0.39 is 44.7 Å². The van der Waals surface area contributed by atoms with Gasteiger partial charge in [-0.1, -0.05) is 67.2 Å². The summed E-state index contributed by atoms with van der Waals surface area (Å²) in [5, 5.41) is 24.0. The van der Waals surface area contributed by atoms with E-state index in [0.29, 0.717) is 40.5 Å². The summed E-state index contributed by atoms with van der Waals surface area (Å²) < 4.78 is 115. The maximum absolute atomic E-state index is 13.4. The van der Waals surface area contributed by atoms with Crippen molar-refractivity contribution in [2.24, 2.45) is 5.92 Å². The molecule has 20 heteroatoms. The molecule has 62 heavy (non-hydrogen) atoms. The minimum absolute atomic E-state index is 0.0237. The van der Waals surface area contributed by atoms with E-state index in [1.54, 1.807) is 103 Å². The fraction of sp³-hybridized carbons (Fsp3) is 0.286. The molecule has 1 aliphatic heterocycles. The summed E-state index contributed by atoms with van der Waals surface area (Å²) in [4.78, 5) is 2.12. The predicted octanol–water partition coefficient (Wildman–Crippen LogP) is 7.87. The summed E-state index contributed by atoms with van der Waals surface area (Å²) in [6, 6.07) is 30.8. The lowest BCUT2D eigenvalue weighted by molar-refractivity contribution is 0.115. The number of hydrogen-bond donors (Lipinski definition) is 1. The van der Waals surface area contributed by atoms with Crippen LogP contribution in [0.1, 0.15) is 48.6 Å². The molecule has 3 heterocycles. The Labute approximate surface area is 356 Å². The second-order valence-electron chi connectivity index (χ2n) is 14.1. The van der Waals surface area contributed by atoms with Crippen molar-refractivity contribution >= 4 is 31.4 Å². The largest absolute Gasteiger partial charge is 0.415 e. The Kier molecular flexibility index (Phi) is 15.2. The first kappa shape index (κ1) is 45.6. The van der Waals surface area contributed by atoms with E-state index in [2.05, 4.69) is 31.9 Å². The fourth-order valence-electron chi connectivity index (χ4n) is 6.42. The number of sulfonamides is 2. The summed E-state index contributed by atoms with van der Waals surface area (Å²) in [5.74, 6) is -1.28. The smallest absolute Gasteiger partial charge is 0.314 e. The van der Waals surface area contributed by atoms with Crippen molar-refractivity contribution in [2.45, 2.75) is 38.8 Å². The highest BCUT2D eigenvalue weighted by molar-refractivity contribution is 7.95. The zero-order valence-electron chi connectivity index (χ0n) is 33.1. The van der Waals surface area contributed by atoms with Crippen molar-refractivity contribution in [1.29, 1.82) is 0 Å². The number of nitrogens with zero attached hydrogens (tertiary/aromatic N) is 7. The monoisotopic (exact) mass is 897 g/mol. The number of benzene rings is 4. The molecule has 0 aliphatic carbocycles. The number of hydrogen-bond acceptors (Lipinski definition) is 12. The Morgan fingerprint density at radius 3 is 1.52 bits per heavy atom. The average molecular weight is 898 g/mol. The number of anilines is 2. The second kappa shape index (κ2) is 20.7. The van der Waals surface area contributed by atoms with Crippen molar-refractivity contribution in [3.05, 3.63) is 144 Å². The lowest BCUT2D eigenvalue weighted by Gasteiger charge is -2.32. The van der Waals surface area contributed by atoms with E-state index in [-0.39, 0.29) is 37.2 Å². The molecular weight excluding hydrogens is 855 g/mol. The zero-order chi connectivity index (χ0) is 44.3. The molecule has 328 valence electrons. The summed E-state index contributed by atoms with van der Waals surface area (Å²) >= 11 is 0. The number of para-hydroxylation sites is 2. The molecular formula is C42H43F4N7O7S2. The van der Waals surface area contributed by atoms with Crippen molar-refractivity contribution < 1.29 is 48.3 Å². The van der Waals surface area contributed by atoms with Crippen LogP contribution < -0.4 is 8.61 Å². The van der Waals surface area contributed by atoms with Gasteiger partial charge in [0.25, 0.3) is 21.8 Å². The van der Waals surface area contributed by atoms with E-state index in [4.69, 9.17) is 8.83 Å². The van der Waals surface area contributed by atoms with Crippen LogP contribution in [0, 0.1) is 5.92 Å². The van der Waals surface area contributed by atoms with Gasteiger partial charge in [-0.05, 0) is 91.5 Å². The number of alkyl halides is 4. The molecule has 2 aromatic heterocycles. The number of piperidine rings is 1. The number of likely N-dealkylation sites (tertiary alicyclic amines) is 1. The van der Waals surface area contributed by atoms with Gasteiger partial charge in [-0.2, -0.15) is 17.6 Å². The first-order chi connectivity index (χ1) is 29.8. The zero-order valence-corrected chi connectivity index (χ0v) is 34.8. The van der Waals surface area contributed by atoms with Crippen molar-refractivity contribution in [2.75, 3.05) is 40.6 Å². The van der Waals surface area contributed by atoms with E-state index in [1.165, 1.54) is 8.61 Å². The van der Waals surface area contributed by atoms with Crippen LogP contribution in [-0.4, -0.2) is 79.2 Å². The maximum Gasteiger partial charge on any atom is 0.314 e. The molecule has 6 aromatic rings. The van der Waals surface area contributed by atoms with Gasteiger partial charge in [-0.3, -0.25) is 8.61 Å². The van der Waals surface area contributed by atoms with Crippen LogP contribution in [0.5, 0.6) is 0 Å². The third-order valence-corrected chi connectivity index (χ3v) is 13.0. The van der Waals surface area contributed by atoms with Crippen molar-refractivity contribution in [1.82, 2.24) is 25.3 Å². The first-order valence-electron chi connectivity index (χ1n) is 19.3. The lowest BCUT2D eigenvalue weighted by atomic mass is 9.98. The van der Waals surface area contributed by atoms with Gasteiger partial charge < -0.3 is 18.8 Å². The number of aromatic nitrogens is 4. The van der Waals surface area contributed by atoms with Gasteiger partial charge in [0.05, 0.1) is 30.2 Å². The topological polar surface area (TPSA) is 176 Å². The molecule has 0 amide bonds. The Morgan fingerprint density at radius 1 is 0.677 bits per heavy atom. The number of aliphatic hydroxyl groups is 1. The summed E-state index contributed by atoms with van der Waals surface area (Å²) in [7, 11) is -7.35. The molecule has 7 rings (SSSR count). The molecule has 0 saturated carbocycles. The number of aliphatic hydroxyl groups excluding tert-OH is 1. The van der Waals surface area contributed by atoms with Crippen LogP contribution in [0.15, 0.2) is 130 Å². The molecule has 0 atom stereocenters. The van der Waals surface area contributed by atoms with Crippen molar-refractivity contribution in [3.8, 4) is 22.9 Å². The van der Waals surface area contributed by atoms with Gasteiger partial charge in [0.2, 0.25) is 21.8 Å². The molecule has 1 aliphatic rings. The Morgan fingerprint density at radius 2 is 1.11 bits per heavy atom. The first-order valence-corrected chi connectivity index (χ1v) is 22.4. The maximum atomic E-state index is 13.4. The number of rotatable bonds is 17. The molecule has 0 spiro atoms. The third kappa shape index (κ3) is 11.9. The van der Waals surface area contributed by atoms with E-state index >= 15 is 0 Å². The SMILES string of the molecule is C=CS(=O)(=O)N(Cc1ccc(-c2nnc(C(F)F)o2)cc1)c1ccccc1.O=S(=O)(CCN1CCC(CO)CC1)N(Cc1ccc(-c2nnc(C(F)F)o2)cc1)c1ccccc1. The van der Waals surface area contributed by atoms with Gasteiger partial charge in [-0.15, -0.1) is 20.4 Å². The molecule has 0 bridgehead atoms. The molecule has 0 radical (unpaired) electrons. The second-order valence-corrected chi connectivity index (χ2v) is 17.9. The quantitative estimate of drug-likeness (QED) is 0.0879. The van der Waals surface area contributed by atoms with E-state index in [0.717, 1.165) is 36.9 Å². The average Bonchev–Trinajstić information content (AvgIpc) is 4.00. The lowest BCUT2D eigenvalue weighted by Crippen LogP contribution is -2.41.